The van der Waals surface area contributed by atoms with Gasteiger partial charge >= 0.3 is 0 Å². The molecule has 0 radical (unpaired) electrons. The third-order valence-corrected chi connectivity index (χ3v) is 3.65. The van der Waals surface area contributed by atoms with Crippen LogP contribution in [-0.4, -0.2) is 29.1 Å². The predicted octanol–water partition coefficient (Wildman–Crippen LogP) is 2.24. The zero-order valence-corrected chi connectivity index (χ0v) is 13.3. The molecule has 0 atom stereocenters. The van der Waals surface area contributed by atoms with Gasteiger partial charge in [-0.25, -0.2) is 0 Å². The summed E-state index contributed by atoms with van der Waals surface area (Å²) in [7, 11) is 0. The summed E-state index contributed by atoms with van der Waals surface area (Å²) >= 11 is 0. The predicted molar refractivity (Wildman–Crippen MR) is 91.0 cm³/mol. The van der Waals surface area contributed by atoms with Gasteiger partial charge in [0.1, 0.15) is 0 Å². The van der Waals surface area contributed by atoms with Crippen molar-refractivity contribution in [1.82, 2.24) is 5.32 Å². The molecule has 0 aliphatic carbocycles. The molecule has 3 N–H and O–H groups in total. The molecule has 0 heterocycles. The number of hydrogen-bond donors (Lipinski definition) is 3. The van der Waals surface area contributed by atoms with Crippen LogP contribution in [0.2, 0.25) is 0 Å². The fourth-order valence-corrected chi connectivity index (χ4v) is 2.35. The minimum Gasteiger partial charge on any atom is -0.395 e. The van der Waals surface area contributed by atoms with E-state index >= 15 is 0 Å². The maximum Gasteiger partial charge on any atom is 0.272 e. The van der Waals surface area contributed by atoms with Crippen LogP contribution in [0.5, 0.6) is 0 Å². The first-order valence-electron chi connectivity index (χ1n) is 7.49. The van der Waals surface area contributed by atoms with E-state index in [-0.39, 0.29) is 24.7 Å². The maximum absolute atomic E-state index is 12.1. The number of carbonyl (C=O) groups excluding carboxylic acids is 1. The van der Waals surface area contributed by atoms with Gasteiger partial charge in [0.05, 0.1) is 17.1 Å². The molecule has 0 aromatic heterocycles. The number of hydrogen-bond acceptors (Lipinski definition) is 5. The molecule has 0 unspecified atom stereocenters. The molecule has 0 saturated heterocycles. The summed E-state index contributed by atoms with van der Waals surface area (Å²) < 4.78 is 0. The fraction of sp³-hybridized carbons (Fsp3) is 0.235. The first-order chi connectivity index (χ1) is 11.5. The molecule has 0 fully saturated rings. The summed E-state index contributed by atoms with van der Waals surface area (Å²) in [6.07, 6.45) is 0. The maximum atomic E-state index is 12.1. The molecule has 126 valence electrons. The van der Waals surface area contributed by atoms with E-state index < -0.39 is 4.92 Å². The van der Waals surface area contributed by atoms with Gasteiger partial charge in [-0.1, -0.05) is 24.3 Å². The lowest BCUT2D eigenvalue weighted by atomic mass is 10.1. The lowest BCUT2D eigenvalue weighted by molar-refractivity contribution is -0.385. The molecule has 1 amide bonds. The lowest BCUT2D eigenvalue weighted by Crippen LogP contribution is -2.27. The van der Waals surface area contributed by atoms with Crippen LogP contribution in [0, 0.1) is 17.0 Å². The summed E-state index contributed by atoms with van der Waals surface area (Å²) in [6, 6.07) is 11.9. The Kier molecular flexibility index (Phi) is 5.86. The highest BCUT2D eigenvalue weighted by Gasteiger charge is 2.14. The first kappa shape index (κ1) is 17.4. The topological polar surface area (TPSA) is 104 Å². The second kappa shape index (κ2) is 8.07. The Labute approximate surface area is 139 Å². The molecular formula is C17H19N3O4. The molecule has 0 bridgehead atoms. The van der Waals surface area contributed by atoms with Gasteiger partial charge < -0.3 is 15.7 Å². The quantitative estimate of drug-likeness (QED) is 0.534. The van der Waals surface area contributed by atoms with Crippen molar-refractivity contribution >= 4 is 17.3 Å². The Hall–Kier alpha value is -2.93. The van der Waals surface area contributed by atoms with E-state index in [1.165, 1.54) is 6.07 Å². The van der Waals surface area contributed by atoms with Crippen molar-refractivity contribution in [1.29, 1.82) is 0 Å². The van der Waals surface area contributed by atoms with Gasteiger partial charge in [-0.15, -0.1) is 0 Å². The molecule has 0 spiro atoms. The van der Waals surface area contributed by atoms with E-state index in [1.54, 1.807) is 37.3 Å². The average Bonchev–Trinajstić information content (AvgIpc) is 2.58. The smallest absolute Gasteiger partial charge is 0.272 e. The molecule has 2 aromatic rings. The van der Waals surface area contributed by atoms with E-state index in [0.29, 0.717) is 23.4 Å². The standard InChI is InChI=1S/C17H19N3O4/c1-12-13(5-4-8-16(12)20(23)24)11-19-15-7-3-2-6-14(15)17(22)18-9-10-21/h2-8,19,21H,9-11H2,1H3,(H,18,22). The third-order valence-electron chi connectivity index (χ3n) is 3.65. The Morgan fingerprint density at radius 1 is 1.21 bits per heavy atom. The van der Waals surface area contributed by atoms with Crippen LogP contribution >= 0.6 is 0 Å². The van der Waals surface area contributed by atoms with Gasteiger partial charge in [-0.3, -0.25) is 14.9 Å². The Balaban J connectivity index is 2.17. The zero-order chi connectivity index (χ0) is 17.5. The van der Waals surface area contributed by atoms with Gasteiger partial charge in [0.2, 0.25) is 0 Å². The van der Waals surface area contributed by atoms with Crippen molar-refractivity contribution < 1.29 is 14.8 Å². The number of aliphatic hydroxyl groups is 1. The van der Waals surface area contributed by atoms with Gasteiger partial charge in [0, 0.05) is 30.4 Å². The highest BCUT2D eigenvalue weighted by Crippen LogP contribution is 2.23. The number of rotatable bonds is 7. The van der Waals surface area contributed by atoms with Crippen LogP contribution in [0.15, 0.2) is 42.5 Å². The summed E-state index contributed by atoms with van der Waals surface area (Å²) in [6.45, 7) is 2.11. The Morgan fingerprint density at radius 3 is 2.67 bits per heavy atom. The van der Waals surface area contributed by atoms with Gasteiger partial charge in [-0.2, -0.15) is 0 Å². The Morgan fingerprint density at radius 2 is 1.96 bits per heavy atom. The SMILES string of the molecule is Cc1c(CNc2ccccc2C(=O)NCCO)cccc1[N+](=O)[O-]. The van der Waals surface area contributed by atoms with Crippen LogP contribution in [0.4, 0.5) is 11.4 Å². The summed E-state index contributed by atoms with van der Waals surface area (Å²) in [4.78, 5) is 22.7. The molecule has 0 aliphatic heterocycles. The molecule has 2 aromatic carbocycles. The average molecular weight is 329 g/mol. The number of anilines is 1. The minimum atomic E-state index is -0.408. The monoisotopic (exact) mass is 329 g/mol. The highest BCUT2D eigenvalue weighted by molar-refractivity contribution is 5.99. The largest absolute Gasteiger partial charge is 0.395 e. The highest BCUT2D eigenvalue weighted by atomic mass is 16.6. The summed E-state index contributed by atoms with van der Waals surface area (Å²) in [5, 5.41) is 25.6. The van der Waals surface area contributed by atoms with E-state index in [4.69, 9.17) is 5.11 Å². The number of para-hydroxylation sites is 1. The van der Waals surface area contributed by atoms with Crippen molar-refractivity contribution in [2.24, 2.45) is 0 Å². The van der Waals surface area contributed by atoms with Crippen molar-refractivity contribution in [2.45, 2.75) is 13.5 Å². The second-order valence-electron chi connectivity index (χ2n) is 5.20. The normalized spacial score (nSPS) is 10.2. The number of nitro benzene ring substituents is 1. The lowest BCUT2D eigenvalue weighted by Gasteiger charge is -2.13. The van der Waals surface area contributed by atoms with Gasteiger partial charge in [-0.05, 0) is 24.6 Å². The molecule has 24 heavy (non-hydrogen) atoms. The minimum absolute atomic E-state index is 0.0725. The molecule has 7 heteroatoms. The van der Waals surface area contributed by atoms with Crippen LogP contribution in [0.3, 0.4) is 0 Å². The van der Waals surface area contributed by atoms with Gasteiger partial charge in [0.25, 0.3) is 11.6 Å². The van der Waals surface area contributed by atoms with Gasteiger partial charge in [0.15, 0.2) is 0 Å². The third kappa shape index (κ3) is 4.08. The van der Waals surface area contributed by atoms with Crippen molar-refractivity contribution in [3.63, 3.8) is 0 Å². The van der Waals surface area contributed by atoms with E-state index in [2.05, 4.69) is 10.6 Å². The molecule has 7 nitrogen and oxygen atoms in total. The first-order valence-corrected chi connectivity index (χ1v) is 7.49. The number of nitro groups is 1. The molecular weight excluding hydrogens is 310 g/mol. The second-order valence-corrected chi connectivity index (χ2v) is 5.20. The molecule has 2 rings (SSSR count). The summed E-state index contributed by atoms with van der Waals surface area (Å²) in [5.74, 6) is -0.289. The Bertz CT molecular complexity index is 746. The van der Waals surface area contributed by atoms with Crippen molar-refractivity contribution in [2.75, 3.05) is 18.5 Å². The number of benzene rings is 2. The number of carbonyl (C=O) groups is 1. The van der Waals surface area contributed by atoms with E-state index in [9.17, 15) is 14.9 Å². The van der Waals surface area contributed by atoms with Crippen molar-refractivity contribution in [3.05, 3.63) is 69.3 Å². The number of aliphatic hydroxyl groups excluding tert-OH is 1. The van der Waals surface area contributed by atoms with Crippen LogP contribution in [-0.2, 0) is 6.54 Å². The summed E-state index contributed by atoms with van der Waals surface area (Å²) in [5.41, 5.74) is 2.53. The van der Waals surface area contributed by atoms with Crippen molar-refractivity contribution in [3.8, 4) is 0 Å². The fourth-order valence-electron chi connectivity index (χ4n) is 2.35. The van der Waals surface area contributed by atoms with Crippen LogP contribution < -0.4 is 10.6 Å². The molecule has 0 saturated carbocycles. The number of nitrogens with one attached hydrogen (secondary N) is 2. The van der Waals surface area contributed by atoms with Crippen LogP contribution in [0.1, 0.15) is 21.5 Å². The van der Waals surface area contributed by atoms with E-state index in [1.807, 2.05) is 6.07 Å². The molecule has 0 aliphatic rings. The number of amides is 1. The number of nitrogens with zero attached hydrogens (tertiary/aromatic N) is 1. The van der Waals surface area contributed by atoms with Crippen LogP contribution in [0.25, 0.3) is 0 Å². The zero-order valence-electron chi connectivity index (χ0n) is 13.3. The van der Waals surface area contributed by atoms with E-state index in [0.717, 1.165) is 5.56 Å².